The quantitative estimate of drug-likeness (QED) is 0.799. The van der Waals surface area contributed by atoms with E-state index in [9.17, 15) is 0 Å². The Balaban J connectivity index is 1.72. The van der Waals surface area contributed by atoms with Gasteiger partial charge in [-0.3, -0.25) is 4.98 Å². The summed E-state index contributed by atoms with van der Waals surface area (Å²) in [6, 6.07) is 1.80. The first-order chi connectivity index (χ1) is 11.7. The van der Waals surface area contributed by atoms with Gasteiger partial charge in [-0.1, -0.05) is 11.8 Å². The van der Waals surface area contributed by atoms with Crippen LogP contribution >= 0.6 is 11.8 Å². The van der Waals surface area contributed by atoms with Crippen LogP contribution in [0.25, 0.3) is 0 Å². The fourth-order valence-corrected chi connectivity index (χ4v) is 3.82. The first kappa shape index (κ1) is 17.0. The summed E-state index contributed by atoms with van der Waals surface area (Å²) < 4.78 is 12.8. The smallest absolute Gasteiger partial charge is 0.191 e. The van der Waals surface area contributed by atoms with Crippen LogP contribution < -0.4 is 14.8 Å². The number of nitrogens with one attached hydrogen (secondary N) is 1. The molecular weight excluding hydrogens is 326 g/mol. The van der Waals surface area contributed by atoms with Gasteiger partial charge in [-0.05, 0) is 19.4 Å². The lowest BCUT2D eigenvalue weighted by atomic mass is 9.99. The minimum absolute atomic E-state index is 0.440. The van der Waals surface area contributed by atoms with E-state index >= 15 is 0 Å². The third kappa shape index (κ3) is 3.49. The molecule has 0 radical (unpaired) electrons. The van der Waals surface area contributed by atoms with E-state index in [0.29, 0.717) is 23.2 Å². The lowest BCUT2D eigenvalue weighted by Crippen LogP contribution is -2.29. The highest BCUT2D eigenvalue weighted by atomic mass is 32.2. The molecule has 0 unspecified atom stereocenters. The molecule has 1 atom stereocenters. The van der Waals surface area contributed by atoms with Gasteiger partial charge < -0.3 is 19.4 Å². The maximum absolute atomic E-state index is 5.43. The van der Waals surface area contributed by atoms with Crippen molar-refractivity contribution in [2.24, 2.45) is 7.05 Å². The van der Waals surface area contributed by atoms with Gasteiger partial charge >= 0.3 is 0 Å². The van der Waals surface area contributed by atoms with Crippen molar-refractivity contribution in [1.82, 2.24) is 25.1 Å². The molecule has 130 valence electrons. The third-order valence-electron chi connectivity index (χ3n) is 4.23. The fourth-order valence-electron chi connectivity index (χ4n) is 2.97. The van der Waals surface area contributed by atoms with E-state index in [4.69, 9.17) is 9.47 Å². The molecule has 0 amide bonds. The molecule has 2 aromatic rings. The van der Waals surface area contributed by atoms with Crippen LogP contribution in [-0.4, -0.2) is 47.1 Å². The number of rotatable bonds is 6. The average Bonchev–Trinajstić information content (AvgIpc) is 3.00. The van der Waals surface area contributed by atoms with Crippen LogP contribution in [0.15, 0.2) is 17.4 Å². The maximum Gasteiger partial charge on any atom is 0.191 e. The Kier molecular flexibility index (Phi) is 5.57. The summed E-state index contributed by atoms with van der Waals surface area (Å²) in [4.78, 5) is 4.41. The Labute approximate surface area is 146 Å². The number of hydrogen-bond acceptors (Lipinski definition) is 7. The van der Waals surface area contributed by atoms with Crippen LogP contribution in [0.3, 0.4) is 0 Å². The second kappa shape index (κ2) is 7.85. The Morgan fingerprint density at radius 2 is 2.21 bits per heavy atom. The second-order valence-electron chi connectivity index (χ2n) is 5.72. The molecule has 8 heteroatoms. The van der Waals surface area contributed by atoms with Crippen molar-refractivity contribution in [2.45, 2.75) is 29.7 Å². The Hall–Kier alpha value is -1.80. The Morgan fingerprint density at radius 3 is 2.92 bits per heavy atom. The molecule has 1 saturated heterocycles. The van der Waals surface area contributed by atoms with Crippen molar-refractivity contribution in [1.29, 1.82) is 0 Å². The molecule has 0 spiro atoms. The summed E-state index contributed by atoms with van der Waals surface area (Å²) in [6.45, 7) is 2.07. The van der Waals surface area contributed by atoms with Gasteiger partial charge in [0, 0.05) is 37.5 Å². The van der Waals surface area contributed by atoms with Crippen LogP contribution in [0.1, 0.15) is 30.3 Å². The van der Waals surface area contributed by atoms with Gasteiger partial charge in [0.25, 0.3) is 0 Å². The van der Waals surface area contributed by atoms with Gasteiger partial charge in [-0.25, -0.2) is 0 Å². The summed E-state index contributed by atoms with van der Waals surface area (Å²) >= 11 is 1.60. The minimum atomic E-state index is 0.440. The molecule has 7 nitrogen and oxygen atoms in total. The van der Waals surface area contributed by atoms with Crippen molar-refractivity contribution in [3.05, 3.63) is 23.8 Å². The summed E-state index contributed by atoms with van der Waals surface area (Å²) in [5.74, 6) is 3.50. The highest BCUT2D eigenvalue weighted by Gasteiger charge is 2.22. The number of pyridine rings is 1. The number of aromatic nitrogens is 4. The molecule has 0 aromatic carbocycles. The van der Waals surface area contributed by atoms with Crippen molar-refractivity contribution < 1.29 is 9.47 Å². The average molecular weight is 349 g/mol. The molecule has 1 aliphatic rings. The molecule has 1 fully saturated rings. The standard InChI is InChI=1S/C16H23N5O2S/c1-21-15(11-5-4-7-17-9-11)19-20-16(21)24-10-12-14(23-3)13(22-2)6-8-18-12/h6,8,11,17H,4-5,7,9-10H2,1-3H3/t11-/m0/s1. The summed E-state index contributed by atoms with van der Waals surface area (Å²) in [6.07, 6.45) is 4.08. The molecule has 2 aromatic heterocycles. The zero-order chi connectivity index (χ0) is 16.9. The number of piperidine rings is 1. The molecule has 1 aliphatic heterocycles. The van der Waals surface area contributed by atoms with Crippen LogP contribution in [0, 0.1) is 0 Å². The van der Waals surface area contributed by atoms with Gasteiger partial charge in [0.05, 0.1) is 19.9 Å². The predicted octanol–water partition coefficient (Wildman–Crippen LogP) is 1.99. The van der Waals surface area contributed by atoms with E-state index in [1.165, 1.54) is 6.42 Å². The van der Waals surface area contributed by atoms with E-state index in [1.54, 1.807) is 38.2 Å². The van der Waals surface area contributed by atoms with Crippen LogP contribution in [0.4, 0.5) is 0 Å². The van der Waals surface area contributed by atoms with E-state index in [2.05, 4.69) is 25.1 Å². The monoisotopic (exact) mass is 349 g/mol. The summed E-state index contributed by atoms with van der Waals surface area (Å²) in [7, 11) is 5.29. The number of thioether (sulfide) groups is 1. The number of methoxy groups -OCH3 is 2. The van der Waals surface area contributed by atoms with Gasteiger partial charge in [-0.15, -0.1) is 10.2 Å². The highest BCUT2D eigenvalue weighted by molar-refractivity contribution is 7.98. The molecule has 3 rings (SSSR count). The first-order valence-electron chi connectivity index (χ1n) is 8.03. The number of nitrogens with zero attached hydrogens (tertiary/aromatic N) is 4. The molecule has 0 bridgehead atoms. The van der Waals surface area contributed by atoms with Gasteiger partial charge in [0.2, 0.25) is 0 Å². The minimum Gasteiger partial charge on any atom is -0.493 e. The van der Waals surface area contributed by atoms with E-state index in [0.717, 1.165) is 36.2 Å². The van der Waals surface area contributed by atoms with Crippen molar-refractivity contribution >= 4 is 11.8 Å². The molecule has 3 heterocycles. The topological polar surface area (TPSA) is 74.1 Å². The zero-order valence-corrected chi connectivity index (χ0v) is 15.1. The van der Waals surface area contributed by atoms with Gasteiger partial charge in [0.1, 0.15) is 5.82 Å². The van der Waals surface area contributed by atoms with Crippen LogP contribution in [0.2, 0.25) is 0 Å². The lowest BCUT2D eigenvalue weighted by molar-refractivity contribution is 0.350. The van der Waals surface area contributed by atoms with E-state index in [1.807, 2.05) is 7.05 Å². The predicted molar refractivity (Wildman–Crippen MR) is 92.7 cm³/mol. The van der Waals surface area contributed by atoms with E-state index in [-0.39, 0.29) is 0 Å². The number of ether oxygens (including phenoxy) is 2. The highest BCUT2D eigenvalue weighted by Crippen LogP contribution is 2.33. The van der Waals surface area contributed by atoms with Crippen LogP contribution in [-0.2, 0) is 12.8 Å². The molecular formula is C16H23N5O2S. The fraction of sp³-hybridized carbons (Fsp3) is 0.562. The summed E-state index contributed by atoms with van der Waals surface area (Å²) in [5.41, 5.74) is 0.839. The van der Waals surface area contributed by atoms with Crippen molar-refractivity contribution in [3.63, 3.8) is 0 Å². The maximum atomic E-state index is 5.43. The van der Waals surface area contributed by atoms with Gasteiger partial charge in [0.15, 0.2) is 16.7 Å². The molecule has 0 saturated carbocycles. The van der Waals surface area contributed by atoms with Crippen molar-refractivity contribution in [2.75, 3.05) is 27.3 Å². The first-order valence-corrected chi connectivity index (χ1v) is 9.01. The normalized spacial score (nSPS) is 17.7. The summed E-state index contributed by atoms with van der Waals surface area (Å²) in [5, 5.41) is 13.1. The SMILES string of the molecule is COc1ccnc(CSc2nnc([C@H]3CCCNC3)n2C)c1OC. The molecule has 0 aliphatic carbocycles. The van der Waals surface area contributed by atoms with Gasteiger partial charge in [-0.2, -0.15) is 0 Å². The van der Waals surface area contributed by atoms with E-state index < -0.39 is 0 Å². The Bertz CT molecular complexity index is 685. The second-order valence-corrected chi connectivity index (χ2v) is 6.67. The Morgan fingerprint density at radius 1 is 1.33 bits per heavy atom. The lowest BCUT2D eigenvalue weighted by Gasteiger charge is -2.21. The zero-order valence-electron chi connectivity index (χ0n) is 14.3. The molecule has 24 heavy (non-hydrogen) atoms. The third-order valence-corrected chi connectivity index (χ3v) is 5.27. The largest absolute Gasteiger partial charge is 0.493 e. The van der Waals surface area contributed by atoms with Crippen molar-refractivity contribution in [3.8, 4) is 11.5 Å². The van der Waals surface area contributed by atoms with Crippen LogP contribution in [0.5, 0.6) is 11.5 Å². The molecule has 1 N–H and O–H groups in total. The number of hydrogen-bond donors (Lipinski definition) is 1.